The van der Waals surface area contributed by atoms with E-state index in [1.165, 1.54) is 48.5 Å². The second-order valence-corrected chi connectivity index (χ2v) is 6.27. The van der Waals surface area contributed by atoms with Crippen LogP contribution < -0.4 is 0 Å². The molecular weight excluding hydrogens is 252 g/mol. The van der Waals surface area contributed by atoms with Crippen LogP contribution in [0.2, 0.25) is 0 Å². The van der Waals surface area contributed by atoms with Crippen molar-refractivity contribution in [2.45, 2.75) is 32.7 Å². The monoisotopic (exact) mass is 272 g/mol. The minimum atomic E-state index is 1.02. The maximum atomic E-state index is 4.78. The summed E-state index contributed by atoms with van der Waals surface area (Å²) in [6, 6.07) is 8.63. The van der Waals surface area contributed by atoms with E-state index in [0.717, 1.165) is 12.2 Å². The van der Waals surface area contributed by atoms with Gasteiger partial charge in [0.2, 0.25) is 0 Å². The Hall–Kier alpha value is -1.19. The molecule has 1 aliphatic rings. The van der Waals surface area contributed by atoms with Gasteiger partial charge >= 0.3 is 0 Å². The number of hydrogen-bond donors (Lipinski definition) is 0. The number of hydrogen-bond acceptors (Lipinski definition) is 3. The lowest BCUT2D eigenvalue weighted by Gasteiger charge is -2.25. The molecule has 3 rings (SSSR count). The maximum Gasteiger partial charge on any atom is 0.107 e. The van der Waals surface area contributed by atoms with Crippen molar-refractivity contribution < 1.29 is 0 Å². The van der Waals surface area contributed by atoms with Crippen LogP contribution >= 0.6 is 11.3 Å². The summed E-state index contributed by atoms with van der Waals surface area (Å²) < 4.78 is 0. The van der Waals surface area contributed by atoms with Gasteiger partial charge in [0.05, 0.1) is 12.2 Å². The average Bonchev–Trinajstić information content (AvgIpc) is 2.89. The molecule has 1 aromatic carbocycles. The van der Waals surface area contributed by atoms with E-state index in [2.05, 4.69) is 41.5 Å². The Morgan fingerprint density at radius 2 is 1.84 bits per heavy atom. The Balaban J connectivity index is 1.70. The third-order valence-electron chi connectivity index (χ3n) is 3.71. The van der Waals surface area contributed by atoms with Crippen LogP contribution in [0.3, 0.4) is 0 Å². The summed E-state index contributed by atoms with van der Waals surface area (Å²) >= 11 is 1.79. The molecule has 0 unspecified atom stereocenters. The van der Waals surface area contributed by atoms with E-state index in [1.54, 1.807) is 11.3 Å². The first-order valence-electron chi connectivity index (χ1n) is 7.05. The van der Waals surface area contributed by atoms with E-state index in [4.69, 9.17) is 4.98 Å². The number of piperidine rings is 1. The van der Waals surface area contributed by atoms with Crippen LogP contribution in [0.25, 0.3) is 11.3 Å². The van der Waals surface area contributed by atoms with Crippen molar-refractivity contribution >= 4 is 11.3 Å². The fourth-order valence-corrected chi connectivity index (χ4v) is 3.39. The number of nitrogens with zero attached hydrogens (tertiary/aromatic N) is 2. The summed E-state index contributed by atoms with van der Waals surface area (Å²) in [6.07, 6.45) is 4.08. The van der Waals surface area contributed by atoms with Gasteiger partial charge in [-0.25, -0.2) is 4.98 Å². The normalized spacial score (nSPS) is 16.7. The molecule has 0 spiro atoms. The molecule has 1 saturated heterocycles. The number of aromatic nitrogens is 1. The Labute approximate surface area is 119 Å². The Morgan fingerprint density at radius 3 is 2.58 bits per heavy atom. The molecule has 3 heteroatoms. The zero-order valence-electron chi connectivity index (χ0n) is 11.4. The van der Waals surface area contributed by atoms with Gasteiger partial charge in [0.15, 0.2) is 0 Å². The van der Waals surface area contributed by atoms with E-state index >= 15 is 0 Å². The molecule has 19 heavy (non-hydrogen) atoms. The number of benzene rings is 1. The van der Waals surface area contributed by atoms with Gasteiger partial charge in [-0.05, 0) is 32.9 Å². The number of thiazole rings is 1. The molecule has 0 saturated carbocycles. The van der Waals surface area contributed by atoms with Crippen LogP contribution in [0.15, 0.2) is 29.6 Å². The van der Waals surface area contributed by atoms with E-state index in [-0.39, 0.29) is 0 Å². The van der Waals surface area contributed by atoms with Crippen LogP contribution in [-0.2, 0) is 6.54 Å². The molecule has 2 aromatic rings. The SMILES string of the molecule is Cc1ccc(-c2csc(CN3CCCCC3)n2)cc1. The van der Waals surface area contributed by atoms with Crippen LogP contribution in [0.5, 0.6) is 0 Å². The van der Waals surface area contributed by atoms with E-state index in [0.29, 0.717) is 0 Å². The molecule has 1 fully saturated rings. The third kappa shape index (κ3) is 3.23. The van der Waals surface area contributed by atoms with Gasteiger partial charge in [-0.2, -0.15) is 0 Å². The van der Waals surface area contributed by atoms with Crippen molar-refractivity contribution in [1.29, 1.82) is 0 Å². The first-order chi connectivity index (χ1) is 9.31. The van der Waals surface area contributed by atoms with E-state index in [9.17, 15) is 0 Å². The number of likely N-dealkylation sites (tertiary alicyclic amines) is 1. The lowest BCUT2D eigenvalue weighted by atomic mass is 10.1. The summed E-state index contributed by atoms with van der Waals surface area (Å²) in [5.74, 6) is 0. The minimum Gasteiger partial charge on any atom is -0.297 e. The molecule has 1 aliphatic heterocycles. The van der Waals surface area contributed by atoms with Crippen LogP contribution in [0, 0.1) is 6.92 Å². The van der Waals surface area contributed by atoms with Gasteiger partial charge in [-0.3, -0.25) is 4.90 Å². The van der Waals surface area contributed by atoms with Crippen LogP contribution in [0.4, 0.5) is 0 Å². The maximum absolute atomic E-state index is 4.78. The summed E-state index contributed by atoms with van der Waals surface area (Å²) in [6.45, 7) is 5.61. The highest BCUT2D eigenvalue weighted by molar-refractivity contribution is 7.09. The Bertz CT molecular complexity index is 524. The van der Waals surface area contributed by atoms with E-state index < -0.39 is 0 Å². The second-order valence-electron chi connectivity index (χ2n) is 5.33. The quantitative estimate of drug-likeness (QED) is 0.836. The highest BCUT2D eigenvalue weighted by Crippen LogP contribution is 2.23. The van der Waals surface area contributed by atoms with Gasteiger partial charge in [-0.1, -0.05) is 36.2 Å². The first-order valence-corrected chi connectivity index (χ1v) is 7.93. The van der Waals surface area contributed by atoms with Gasteiger partial charge < -0.3 is 0 Å². The first kappa shape index (κ1) is 12.8. The van der Waals surface area contributed by atoms with Crippen molar-refractivity contribution in [3.63, 3.8) is 0 Å². The molecule has 100 valence electrons. The van der Waals surface area contributed by atoms with Crippen molar-refractivity contribution in [2.24, 2.45) is 0 Å². The summed E-state index contributed by atoms with van der Waals surface area (Å²) in [5, 5.41) is 3.43. The van der Waals surface area contributed by atoms with Gasteiger partial charge in [0.1, 0.15) is 5.01 Å². The zero-order chi connectivity index (χ0) is 13.1. The molecule has 0 bridgehead atoms. The van der Waals surface area contributed by atoms with Crippen LogP contribution in [-0.4, -0.2) is 23.0 Å². The zero-order valence-corrected chi connectivity index (χ0v) is 12.2. The highest BCUT2D eigenvalue weighted by atomic mass is 32.1. The molecule has 0 aliphatic carbocycles. The van der Waals surface area contributed by atoms with Gasteiger partial charge in [-0.15, -0.1) is 11.3 Å². The number of rotatable bonds is 3. The van der Waals surface area contributed by atoms with Crippen LogP contribution in [0.1, 0.15) is 29.8 Å². The highest BCUT2D eigenvalue weighted by Gasteiger charge is 2.12. The molecule has 2 nitrogen and oxygen atoms in total. The lowest BCUT2D eigenvalue weighted by Crippen LogP contribution is -2.28. The van der Waals surface area contributed by atoms with Crippen molar-refractivity contribution in [3.8, 4) is 11.3 Å². The summed E-state index contributed by atoms with van der Waals surface area (Å²) in [4.78, 5) is 7.31. The van der Waals surface area contributed by atoms with Crippen molar-refractivity contribution in [3.05, 3.63) is 40.2 Å². The van der Waals surface area contributed by atoms with Crippen molar-refractivity contribution in [2.75, 3.05) is 13.1 Å². The Morgan fingerprint density at radius 1 is 1.11 bits per heavy atom. The largest absolute Gasteiger partial charge is 0.297 e. The topological polar surface area (TPSA) is 16.1 Å². The average molecular weight is 272 g/mol. The predicted octanol–water partition coefficient (Wildman–Crippen LogP) is 4.10. The molecular formula is C16H20N2S. The molecule has 0 amide bonds. The van der Waals surface area contributed by atoms with E-state index in [1.807, 2.05) is 0 Å². The second kappa shape index (κ2) is 5.85. The fraction of sp³-hybridized carbons (Fsp3) is 0.438. The predicted molar refractivity (Wildman–Crippen MR) is 81.4 cm³/mol. The van der Waals surface area contributed by atoms with Gasteiger partial charge in [0.25, 0.3) is 0 Å². The standard InChI is InChI=1S/C16H20N2S/c1-13-5-7-14(8-6-13)15-12-19-16(17-15)11-18-9-3-2-4-10-18/h5-8,12H,2-4,9-11H2,1H3. The third-order valence-corrected chi connectivity index (χ3v) is 4.54. The Kier molecular flexibility index (Phi) is 3.95. The van der Waals surface area contributed by atoms with Gasteiger partial charge in [0, 0.05) is 10.9 Å². The van der Waals surface area contributed by atoms with Crippen molar-refractivity contribution in [1.82, 2.24) is 9.88 Å². The summed E-state index contributed by atoms with van der Waals surface area (Å²) in [7, 11) is 0. The molecule has 0 N–H and O–H groups in total. The number of aryl methyl sites for hydroxylation is 1. The molecule has 0 radical (unpaired) electrons. The molecule has 2 heterocycles. The minimum absolute atomic E-state index is 1.02. The smallest absolute Gasteiger partial charge is 0.107 e. The molecule has 1 aromatic heterocycles. The molecule has 0 atom stereocenters. The lowest BCUT2D eigenvalue weighted by molar-refractivity contribution is 0.220. The summed E-state index contributed by atoms with van der Waals surface area (Å²) in [5.41, 5.74) is 3.65. The fourth-order valence-electron chi connectivity index (χ4n) is 2.55.